The first kappa shape index (κ1) is 19.4. The summed E-state index contributed by atoms with van der Waals surface area (Å²) in [6, 6.07) is 13.2. The monoisotopic (exact) mass is 377 g/mol. The van der Waals surface area contributed by atoms with E-state index in [9.17, 15) is 8.42 Å². The molecule has 2 N–H and O–H groups in total. The molecule has 0 aromatic heterocycles. The molecule has 0 amide bonds. The Morgan fingerprint density at radius 2 is 1.76 bits per heavy atom. The fourth-order valence-electron chi connectivity index (χ4n) is 2.26. The molecule has 7 heteroatoms. The van der Waals surface area contributed by atoms with Crippen molar-refractivity contribution in [1.82, 2.24) is 9.62 Å². The second kappa shape index (κ2) is 7.95. The summed E-state index contributed by atoms with van der Waals surface area (Å²) in [6.45, 7) is 4.42. The molecule has 0 unspecified atom stereocenters. The first-order chi connectivity index (χ1) is 11.7. The van der Waals surface area contributed by atoms with Gasteiger partial charge in [-0.05, 0) is 54.9 Å². The number of aryl methyl sites for hydroxylation is 1. The first-order valence-electron chi connectivity index (χ1n) is 7.84. The molecule has 5 nitrogen and oxygen atoms in total. The molecule has 2 aromatic carbocycles. The van der Waals surface area contributed by atoms with Crippen LogP contribution in [0.2, 0.25) is 0 Å². The molecule has 0 radical (unpaired) electrons. The number of thiocarbonyl (C=S) groups is 1. The van der Waals surface area contributed by atoms with Gasteiger partial charge in [-0.3, -0.25) is 0 Å². The minimum Gasteiger partial charge on any atom is -0.358 e. The fourth-order valence-corrected chi connectivity index (χ4v) is 3.46. The predicted molar refractivity (Wildman–Crippen MR) is 106 cm³/mol. The zero-order chi connectivity index (χ0) is 18.6. The zero-order valence-electron chi connectivity index (χ0n) is 14.8. The Labute approximate surface area is 155 Å². The Morgan fingerprint density at radius 1 is 1.12 bits per heavy atom. The number of nitrogens with zero attached hydrogens (tertiary/aromatic N) is 1. The van der Waals surface area contributed by atoms with Crippen molar-refractivity contribution in [3.63, 3.8) is 0 Å². The van der Waals surface area contributed by atoms with Gasteiger partial charge < -0.3 is 10.6 Å². The van der Waals surface area contributed by atoms with Crippen molar-refractivity contribution in [3.8, 4) is 0 Å². The molecule has 0 aliphatic carbocycles. The summed E-state index contributed by atoms with van der Waals surface area (Å²) in [5.74, 6) is 0. The first-order valence-corrected chi connectivity index (χ1v) is 9.69. The van der Waals surface area contributed by atoms with Crippen molar-refractivity contribution in [2.75, 3.05) is 19.4 Å². The van der Waals surface area contributed by atoms with Gasteiger partial charge in [-0.25, -0.2) is 12.7 Å². The van der Waals surface area contributed by atoms with Crippen molar-refractivity contribution in [2.45, 2.75) is 25.3 Å². The Bertz CT molecular complexity index is 863. The summed E-state index contributed by atoms with van der Waals surface area (Å²) in [5.41, 5.74) is 3.65. The van der Waals surface area contributed by atoms with Crippen LogP contribution in [0.5, 0.6) is 0 Å². The summed E-state index contributed by atoms with van der Waals surface area (Å²) in [5, 5.41) is 6.70. The van der Waals surface area contributed by atoms with Crippen molar-refractivity contribution in [2.24, 2.45) is 0 Å². The molecule has 0 aliphatic rings. The van der Waals surface area contributed by atoms with Crippen LogP contribution in [-0.2, 0) is 16.6 Å². The van der Waals surface area contributed by atoms with E-state index in [2.05, 4.69) is 10.6 Å². The van der Waals surface area contributed by atoms with Gasteiger partial charge in [0.2, 0.25) is 10.0 Å². The molecule has 0 fully saturated rings. The fraction of sp³-hybridized carbons (Fsp3) is 0.278. The van der Waals surface area contributed by atoms with Crippen LogP contribution in [0.1, 0.15) is 16.7 Å². The third-order valence-corrected chi connectivity index (χ3v) is 6.00. The van der Waals surface area contributed by atoms with Crippen molar-refractivity contribution in [3.05, 3.63) is 59.2 Å². The van der Waals surface area contributed by atoms with Crippen molar-refractivity contribution in [1.29, 1.82) is 0 Å². The number of sulfonamides is 1. The standard InChI is InChI=1S/C18H23N3O2S2/c1-13-10-16(25(22,23)21(3)4)11-17(14(13)2)20-18(24)19-12-15-8-6-5-7-9-15/h5-11H,12H2,1-4H3,(H2,19,20,24). The van der Waals surface area contributed by atoms with E-state index in [1.165, 1.54) is 18.4 Å². The lowest BCUT2D eigenvalue weighted by atomic mass is 10.1. The molecular weight excluding hydrogens is 354 g/mol. The quantitative estimate of drug-likeness (QED) is 0.785. The molecule has 0 saturated heterocycles. The molecule has 0 aliphatic heterocycles. The normalized spacial score (nSPS) is 11.4. The van der Waals surface area contributed by atoms with E-state index in [0.717, 1.165) is 16.7 Å². The van der Waals surface area contributed by atoms with E-state index in [4.69, 9.17) is 12.2 Å². The van der Waals surface area contributed by atoms with Crippen LogP contribution in [0.3, 0.4) is 0 Å². The van der Waals surface area contributed by atoms with E-state index in [0.29, 0.717) is 17.3 Å². The molecule has 25 heavy (non-hydrogen) atoms. The van der Waals surface area contributed by atoms with Gasteiger partial charge in [-0.1, -0.05) is 30.3 Å². The molecule has 0 bridgehead atoms. The van der Waals surface area contributed by atoms with Gasteiger partial charge in [-0.15, -0.1) is 0 Å². The molecule has 0 heterocycles. The number of rotatable bonds is 5. The summed E-state index contributed by atoms with van der Waals surface area (Å²) in [7, 11) is -0.465. The van der Waals surface area contributed by atoms with Crippen molar-refractivity contribution >= 4 is 33.0 Å². The van der Waals surface area contributed by atoms with Gasteiger partial charge in [0.1, 0.15) is 0 Å². The molecule has 0 saturated carbocycles. The van der Waals surface area contributed by atoms with Gasteiger partial charge in [0, 0.05) is 26.3 Å². The van der Waals surface area contributed by atoms with Gasteiger partial charge in [0.05, 0.1) is 4.90 Å². The Hall–Kier alpha value is -1.96. The average molecular weight is 378 g/mol. The Balaban J connectivity index is 2.18. The summed E-state index contributed by atoms with van der Waals surface area (Å²) in [6.07, 6.45) is 0. The second-order valence-electron chi connectivity index (χ2n) is 5.99. The highest BCUT2D eigenvalue weighted by Crippen LogP contribution is 2.25. The highest BCUT2D eigenvalue weighted by molar-refractivity contribution is 7.89. The molecule has 0 atom stereocenters. The number of benzene rings is 2. The number of anilines is 1. The largest absolute Gasteiger partial charge is 0.358 e. The highest BCUT2D eigenvalue weighted by atomic mass is 32.2. The van der Waals surface area contributed by atoms with Gasteiger partial charge in [0.15, 0.2) is 5.11 Å². The van der Waals surface area contributed by atoms with Crippen molar-refractivity contribution < 1.29 is 8.42 Å². The van der Waals surface area contributed by atoms with E-state index in [1.807, 2.05) is 44.2 Å². The molecule has 2 aromatic rings. The Kier molecular flexibility index (Phi) is 6.16. The lowest BCUT2D eigenvalue weighted by Gasteiger charge is -2.17. The van der Waals surface area contributed by atoms with Crippen LogP contribution in [0.25, 0.3) is 0 Å². The number of hydrogen-bond donors (Lipinski definition) is 2. The van der Waals surface area contributed by atoms with Crippen LogP contribution >= 0.6 is 12.2 Å². The summed E-state index contributed by atoms with van der Waals surface area (Å²) in [4.78, 5) is 0.244. The Morgan fingerprint density at radius 3 is 2.36 bits per heavy atom. The van der Waals surface area contributed by atoms with Gasteiger partial charge >= 0.3 is 0 Å². The molecular formula is C18H23N3O2S2. The van der Waals surface area contributed by atoms with E-state index < -0.39 is 10.0 Å². The van der Waals surface area contributed by atoms with Crippen LogP contribution in [0.15, 0.2) is 47.4 Å². The molecule has 2 rings (SSSR count). The highest BCUT2D eigenvalue weighted by Gasteiger charge is 2.19. The number of nitrogens with one attached hydrogen (secondary N) is 2. The minimum atomic E-state index is -3.50. The lowest BCUT2D eigenvalue weighted by Crippen LogP contribution is -2.28. The maximum absolute atomic E-state index is 12.4. The smallest absolute Gasteiger partial charge is 0.242 e. The van der Waals surface area contributed by atoms with Crippen LogP contribution in [0, 0.1) is 13.8 Å². The third-order valence-electron chi connectivity index (χ3n) is 3.96. The van der Waals surface area contributed by atoms with Crippen LogP contribution < -0.4 is 10.6 Å². The van der Waals surface area contributed by atoms with Crippen LogP contribution in [-0.4, -0.2) is 31.9 Å². The lowest BCUT2D eigenvalue weighted by molar-refractivity contribution is 0.520. The maximum atomic E-state index is 12.4. The van der Waals surface area contributed by atoms with E-state index in [-0.39, 0.29) is 4.90 Å². The molecule has 0 spiro atoms. The van der Waals surface area contributed by atoms with Gasteiger partial charge in [-0.2, -0.15) is 0 Å². The van der Waals surface area contributed by atoms with E-state index in [1.54, 1.807) is 12.1 Å². The van der Waals surface area contributed by atoms with Gasteiger partial charge in [0.25, 0.3) is 0 Å². The second-order valence-corrected chi connectivity index (χ2v) is 8.55. The molecule has 134 valence electrons. The minimum absolute atomic E-state index is 0.244. The van der Waals surface area contributed by atoms with Crippen LogP contribution in [0.4, 0.5) is 5.69 Å². The summed E-state index contributed by atoms with van der Waals surface area (Å²) < 4.78 is 26.0. The zero-order valence-corrected chi connectivity index (χ0v) is 16.5. The topological polar surface area (TPSA) is 61.4 Å². The SMILES string of the molecule is Cc1cc(S(=O)(=O)N(C)C)cc(NC(=S)NCc2ccccc2)c1C. The maximum Gasteiger partial charge on any atom is 0.242 e. The predicted octanol–water partition coefficient (Wildman–Crippen LogP) is 3.04. The number of hydrogen-bond acceptors (Lipinski definition) is 3. The average Bonchev–Trinajstić information content (AvgIpc) is 2.57. The van der Waals surface area contributed by atoms with E-state index >= 15 is 0 Å². The third kappa shape index (κ3) is 4.78. The summed E-state index contributed by atoms with van der Waals surface area (Å²) >= 11 is 5.34.